The van der Waals surface area contributed by atoms with Crippen molar-refractivity contribution in [2.45, 2.75) is 37.5 Å². The van der Waals surface area contributed by atoms with E-state index >= 15 is 0 Å². The van der Waals surface area contributed by atoms with Gasteiger partial charge in [-0.1, -0.05) is 6.92 Å². The van der Waals surface area contributed by atoms with Crippen LogP contribution >= 0.6 is 11.8 Å². The van der Waals surface area contributed by atoms with Crippen LogP contribution in [-0.2, 0) is 19.9 Å². The Morgan fingerprint density at radius 3 is 2.42 bits per heavy atom. The van der Waals surface area contributed by atoms with Gasteiger partial charge in [0.2, 0.25) is 0 Å². The summed E-state index contributed by atoms with van der Waals surface area (Å²) in [5.74, 6) is 2.38. The van der Waals surface area contributed by atoms with Crippen LogP contribution in [0.3, 0.4) is 0 Å². The summed E-state index contributed by atoms with van der Waals surface area (Å²) in [7, 11) is 1.93. The first-order chi connectivity index (χ1) is 12.7. The van der Waals surface area contributed by atoms with Gasteiger partial charge in [0.25, 0.3) is 0 Å². The van der Waals surface area contributed by atoms with Gasteiger partial charge in [0, 0.05) is 48.2 Å². The molecule has 0 aliphatic rings. The molecule has 0 bridgehead atoms. The lowest BCUT2D eigenvalue weighted by Crippen LogP contribution is -2.03. The molecule has 0 saturated carbocycles. The van der Waals surface area contributed by atoms with Gasteiger partial charge in [-0.15, -0.1) is 22.0 Å². The SMILES string of the molecule is CSc1cnc(CCC(C)CCc2ccc(-c3nncn3C)cn2)nc1. The zero-order valence-electron chi connectivity index (χ0n) is 15.5. The molecule has 26 heavy (non-hydrogen) atoms. The highest BCUT2D eigenvalue weighted by atomic mass is 32.2. The fourth-order valence-electron chi connectivity index (χ4n) is 2.74. The van der Waals surface area contributed by atoms with E-state index in [4.69, 9.17) is 0 Å². The second kappa shape index (κ2) is 8.89. The Morgan fingerprint density at radius 2 is 1.81 bits per heavy atom. The molecular weight excluding hydrogens is 344 g/mol. The average Bonchev–Trinajstić information content (AvgIpc) is 3.11. The van der Waals surface area contributed by atoms with Crippen molar-refractivity contribution in [1.82, 2.24) is 29.7 Å². The minimum absolute atomic E-state index is 0.610. The van der Waals surface area contributed by atoms with E-state index in [0.29, 0.717) is 5.92 Å². The summed E-state index contributed by atoms with van der Waals surface area (Å²) < 4.78 is 1.90. The summed E-state index contributed by atoms with van der Waals surface area (Å²) in [5.41, 5.74) is 2.11. The van der Waals surface area contributed by atoms with Crippen molar-refractivity contribution in [3.05, 3.63) is 48.6 Å². The molecule has 3 rings (SSSR count). The minimum atomic E-state index is 0.610. The molecule has 0 N–H and O–H groups in total. The van der Waals surface area contributed by atoms with Crippen molar-refractivity contribution in [3.8, 4) is 11.4 Å². The lowest BCUT2D eigenvalue weighted by molar-refractivity contribution is 0.484. The van der Waals surface area contributed by atoms with Gasteiger partial charge < -0.3 is 4.57 Å². The van der Waals surface area contributed by atoms with E-state index in [-0.39, 0.29) is 0 Å². The second-order valence-corrected chi connectivity index (χ2v) is 7.40. The first-order valence-corrected chi connectivity index (χ1v) is 10.0. The van der Waals surface area contributed by atoms with E-state index in [1.807, 2.05) is 36.5 Å². The molecule has 0 spiro atoms. The van der Waals surface area contributed by atoms with Gasteiger partial charge in [0.1, 0.15) is 12.2 Å². The molecule has 1 unspecified atom stereocenters. The second-order valence-electron chi connectivity index (χ2n) is 6.53. The zero-order chi connectivity index (χ0) is 18.4. The predicted molar refractivity (Wildman–Crippen MR) is 104 cm³/mol. The number of rotatable bonds is 8. The van der Waals surface area contributed by atoms with Crippen LogP contribution in [0.1, 0.15) is 31.3 Å². The molecule has 136 valence electrons. The van der Waals surface area contributed by atoms with E-state index in [2.05, 4.69) is 44.2 Å². The Balaban J connectivity index is 1.46. The van der Waals surface area contributed by atoms with Crippen LogP contribution in [0.2, 0.25) is 0 Å². The number of aryl methyl sites for hydroxylation is 3. The first-order valence-electron chi connectivity index (χ1n) is 8.80. The summed E-state index contributed by atoms with van der Waals surface area (Å²) >= 11 is 1.67. The molecule has 3 heterocycles. The highest BCUT2D eigenvalue weighted by Gasteiger charge is 2.08. The lowest BCUT2D eigenvalue weighted by Gasteiger charge is -2.10. The molecule has 0 saturated heterocycles. The molecule has 1 atom stereocenters. The predicted octanol–water partition coefficient (Wildman–Crippen LogP) is 3.59. The summed E-state index contributed by atoms with van der Waals surface area (Å²) in [6.45, 7) is 2.28. The summed E-state index contributed by atoms with van der Waals surface area (Å²) in [5, 5.41) is 8.02. The Hall–Kier alpha value is -2.28. The normalized spacial score (nSPS) is 12.3. The molecule has 0 radical (unpaired) electrons. The maximum Gasteiger partial charge on any atom is 0.165 e. The van der Waals surface area contributed by atoms with E-state index in [1.54, 1.807) is 18.1 Å². The number of pyridine rings is 1. The van der Waals surface area contributed by atoms with Crippen LogP contribution in [0.5, 0.6) is 0 Å². The molecule has 0 aromatic carbocycles. The van der Waals surface area contributed by atoms with E-state index in [1.165, 1.54) is 0 Å². The fraction of sp³-hybridized carbons (Fsp3) is 0.421. The van der Waals surface area contributed by atoms with Gasteiger partial charge in [-0.05, 0) is 43.6 Å². The quantitative estimate of drug-likeness (QED) is 0.566. The maximum atomic E-state index is 4.58. The number of hydrogen-bond acceptors (Lipinski definition) is 6. The summed E-state index contributed by atoms with van der Waals surface area (Å²) in [4.78, 5) is 14.5. The molecule has 7 heteroatoms. The van der Waals surface area contributed by atoms with Crippen LogP contribution in [-0.4, -0.2) is 36.0 Å². The fourth-order valence-corrected chi connectivity index (χ4v) is 3.06. The van der Waals surface area contributed by atoms with E-state index < -0.39 is 0 Å². The number of aromatic nitrogens is 6. The lowest BCUT2D eigenvalue weighted by atomic mass is 9.98. The van der Waals surface area contributed by atoms with Crippen molar-refractivity contribution in [1.29, 1.82) is 0 Å². The third kappa shape index (κ3) is 4.88. The Bertz CT molecular complexity index is 813. The van der Waals surface area contributed by atoms with Gasteiger partial charge in [-0.2, -0.15) is 0 Å². The zero-order valence-corrected chi connectivity index (χ0v) is 16.3. The summed E-state index contributed by atoms with van der Waals surface area (Å²) in [6, 6.07) is 4.15. The smallest absolute Gasteiger partial charge is 0.165 e. The third-order valence-electron chi connectivity index (χ3n) is 4.47. The topological polar surface area (TPSA) is 69.4 Å². The average molecular weight is 369 g/mol. The van der Waals surface area contributed by atoms with Gasteiger partial charge >= 0.3 is 0 Å². The third-order valence-corrected chi connectivity index (χ3v) is 5.15. The van der Waals surface area contributed by atoms with Crippen molar-refractivity contribution in [2.24, 2.45) is 13.0 Å². The number of thioether (sulfide) groups is 1. The molecule has 3 aromatic rings. The largest absolute Gasteiger partial charge is 0.317 e. The van der Waals surface area contributed by atoms with Crippen molar-refractivity contribution in [2.75, 3.05) is 6.26 Å². The highest BCUT2D eigenvalue weighted by Crippen LogP contribution is 2.18. The number of hydrogen-bond donors (Lipinski definition) is 0. The molecule has 0 aliphatic carbocycles. The van der Waals surface area contributed by atoms with Crippen LogP contribution in [0.4, 0.5) is 0 Å². The molecule has 0 amide bonds. The maximum absolute atomic E-state index is 4.58. The van der Waals surface area contributed by atoms with Gasteiger partial charge in [-0.3, -0.25) is 4.98 Å². The summed E-state index contributed by atoms with van der Waals surface area (Å²) in [6.07, 6.45) is 13.5. The van der Waals surface area contributed by atoms with Gasteiger partial charge in [-0.25, -0.2) is 9.97 Å². The van der Waals surface area contributed by atoms with E-state index in [9.17, 15) is 0 Å². The van der Waals surface area contributed by atoms with Crippen LogP contribution < -0.4 is 0 Å². The van der Waals surface area contributed by atoms with E-state index in [0.717, 1.165) is 53.5 Å². The van der Waals surface area contributed by atoms with Crippen molar-refractivity contribution in [3.63, 3.8) is 0 Å². The van der Waals surface area contributed by atoms with Crippen molar-refractivity contribution >= 4 is 11.8 Å². The Morgan fingerprint density at radius 1 is 1.04 bits per heavy atom. The molecule has 0 fully saturated rings. The molecule has 3 aromatic heterocycles. The van der Waals surface area contributed by atoms with Crippen LogP contribution in [0.15, 0.2) is 41.9 Å². The van der Waals surface area contributed by atoms with Gasteiger partial charge in [0.15, 0.2) is 5.82 Å². The Kier molecular flexibility index (Phi) is 6.33. The molecule has 6 nitrogen and oxygen atoms in total. The van der Waals surface area contributed by atoms with Crippen molar-refractivity contribution < 1.29 is 0 Å². The minimum Gasteiger partial charge on any atom is -0.317 e. The number of nitrogens with zero attached hydrogens (tertiary/aromatic N) is 6. The molecular formula is C19H24N6S. The Labute approximate surface area is 158 Å². The molecule has 0 aliphatic heterocycles. The monoisotopic (exact) mass is 368 g/mol. The van der Waals surface area contributed by atoms with Gasteiger partial charge in [0.05, 0.1) is 0 Å². The van der Waals surface area contributed by atoms with Crippen LogP contribution in [0.25, 0.3) is 11.4 Å². The highest BCUT2D eigenvalue weighted by molar-refractivity contribution is 7.98. The van der Waals surface area contributed by atoms with Crippen LogP contribution in [0, 0.1) is 5.92 Å². The standard InChI is InChI=1S/C19H24N6S/c1-14(5-9-18-21-11-17(26-3)12-22-18)4-7-16-8-6-15(10-20-16)19-24-23-13-25(19)2/h6,8,10-14H,4-5,7,9H2,1-3H3. The first kappa shape index (κ1) is 18.5.